The zero-order chi connectivity index (χ0) is 10.1. The van der Waals surface area contributed by atoms with Crippen LogP contribution in [0.15, 0.2) is 16.3 Å². The molecular formula is C8H13NO2S2. The largest absolute Gasteiger partial charge is 0.252 e. The van der Waals surface area contributed by atoms with E-state index in [2.05, 4.69) is 0 Å². The molecule has 13 heavy (non-hydrogen) atoms. The number of rotatable bonds is 3. The van der Waals surface area contributed by atoms with Crippen molar-refractivity contribution in [2.24, 2.45) is 0 Å². The normalized spacial score (nSPS) is 12.3. The highest BCUT2D eigenvalue weighted by Gasteiger charge is 2.18. The van der Waals surface area contributed by atoms with Gasteiger partial charge in [-0.3, -0.25) is 0 Å². The monoisotopic (exact) mass is 219 g/mol. The maximum atomic E-state index is 11.6. The van der Waals surface area contributed by atoms with E-state index >= 15 is 0 Å². The second-order valence-corrected chi connectivity index (χ2v) is 6.41. The molecule has 0 radical (unpaired) electrons. The summed E-state index contributed by atoms with van der Waals surface area (Å²) in [6.07, 6.45) is 0.883. The van der Waals surface area contributed by atoms with Gasteiger partial charge in [0.05, 0.1) is 0 Å². The van der Waals surface area contributed by atoms with Crippen LogP contribution in [-0.2, 0) is 16.4 Å². The van der Waals surface area contributed by atoms with Crippen molar-refractivity contribution >= 4 is 21.4 Å². The van der Waals surface area contributed by atoms with Crippen molar-refractivity contribution in [3.63, 3.8) is 0 Å². The van der Waals surface area contributed by atoms with Crippen LogP contribution in [0.2, 0.25) is 0 Å². The Morgan fingerprint density at radius 3 is 2.38 bits per heavy atom. The molecule has 0 amide bonds. The van der Waals surface area contributed by atoms with Crippen LogP contribution >= 0.6 is 11.3 Å². The van der Waals surface area contributed by atoms with Crippen molar-refractivity contribution in [3.05, 3.63) is 17.0 Å². The molecule has 0 fully saturated rings. The van der Waals surface area contributed by atoms with Crippen LogP contribution in [0.25, 0.3) is 0 Å². The van der Waals surface area contributed by atoms with Gasteiger partial charge in [0.1, 0.15) is 4.21 Å². The molecule has 0 saturated carbocycles. The van der Waals surface area contributed by atoms with Gasteiger partial charge in [-0.1, -0.05) is 6.92 Å². The Morgan fingerprint density at radius 2 is 2.00 bits per heavy atom. The summed E-state index contributed by atoms with van der Waals surface area (Å²) in [6, 6.07) is 3.53. The van der Waals surface area contributed by atoms with Crippen molar-refractivity contribution < 1.29 is 8.42 Å². The lowest BCUT2D eigenvalue weighted by molar-refractivity contribution is 0.523. The first-order valence-corrected chi connectivity index (χ1v) is 6.25. The molecule has 1 aromatic rings. The molecule has 0 aliphatic heterocycles. The third-order valence-electron chi connectivity index (χ3n) is 1.72. The lowest BCUT2D eigenvalue weighted by Gasteiger charge is -2.08. The summed E-state index contributed by atoms with van der Waals surface area (Å²) in [7, 11) is -0.130. The molecule has 0 aliphatic carbocycles. The highest BCUT2D eigenvalue weighted by atomic mass is 32.2. The number of hydrogen-bond acceptors (Lipinski definition) is 3. The molecular weight excluding hydrogens is 206 g/mol. The first-order valence-electron chi connectivity index (χ1n) is 3.99. The zero-order valence-corrected chi connectivity index (χ0v) is 9.58. The number of aryl methyl sites for hydroxylation is 1. The van der Waals surface area contributed by atoms with Gasteiger partial charge in [-0.05, 0) is 18.6 Å². The topological polar surface area (TPSA) is 37.4 Å². The molecule has 1 aromatic heterocycles. The Hall–Kier alpha value is -0.390. The molecule has 0 unspecified atom stereocenters. The standard InChI is InChI=1S/C8H13NO2S2/c1-4-7-5-6-8(12-7)13(10,11)9(2)3/h5-6H,4H2,1-3H3. The minimum atomic E-state index is -3.21. The van der Waals surface area contributed by atoms with Crippen LogP contribution in [-0.4, -0.2) is 26.8 Å². The van der Waals surface area contributed by atoms with E-state index in [4.69, 9.17) is 0 Å². The number of sulfonamides is 1. The Bertz CT molecular complexity index is 379. The Kier molecular flexibility index (Phi) is 3.10. The van der Waals surface area contributed by atoms with E-state index in [1.165, 1.54) is 15.6 Å². The predicted octanol–water partition coefficient (Wildman–Crippen LogP) is 1.56. The van der Waals surface area contributed by atoms with Crippen LogP contribution in [0, 0.1) is 0 Å². The zero-order valence-electron chi connectivity index (χ0n) is 7.94. The fourth-order valence-corrected chi connectivity index (χ4v) is 3.33. The van der Waals surface area contributed by atoms with Gasteiger partial charge in [-0.25, -0.2) is 12.7 Å². The molecule has 0 N–H and O–H groups in total. The Balaban J connectivity index is 3.09. The predicted molar refractivity (Wildman–Crippen MR) is 54.6 cm³/mol. The first-order chi connectivity index (χ1) is 5.98. The highest BCUT2D eigenvalue weighted by molar-refractivity contribution is 7.91. The van der Waals surface area contributed by atoms with Gasteiger partial charge in [-0.15, -0.1) is 11.3 Å². The summed E-state index contributed by atoms with van der Waals surface area (Å²) in [6.45, 7) is 2.01. The summed E-state index contributed by atoms with van der Waals surface area (Å²) in [5, 5.41) is 0. The first kappa shape index (κ1) is 10.7. The van der Waals surface area contributed by atoms with Crippen LogP contribution in [0.5, 0.6) is 0 Å². The molecule has 0 aromatic carbocycles. The lowest BCUT2D eigenvalue weighted by Crippen LogP contribution is -2.21. The second-order valence-electron chi connectivity index (χ2n) is 2.86. The minimum absolute atomic E-state index is 0.425. The molecule has 0 atom stereocenters. The minimum Gasteiger partial charge on any atom is -0.206 e. The lowest BCUT2D eigenvalue weighted by atomic mass is 10.4. The number of nitrogens with zero attached hydrogens (tertiary/aromatic N) is 1. The highest BCUT2D eigenvalue weighted by Crippen LogP contribution is 2.23. The summed E-state index contributed by atoms with van der Waals surface area (Å²) in [5.41, 5.74) is 0. The third kappa shape index (κ3) is 2.10. The average molecular weight is 219 g/mol. The maximum Gasteiger partial charge on any atom is 0.252 e. The van der Waals surface area contributed by atoms with E-state index < -0.39 is 10.0 Å². The average Bonchev–Trinajstić information content (AvgIpc) is 2.51. The molecule has 74 valence electrons. The quantitative estimate of drug-likeness (QED) is 0.773. The van der Waals surface area contributed by atoms with Gasteiger partial charge in [-0.2, -0.15) is 0 Å². The third-order valence-corrected chi connectivity index (χ3v) is 5.23. The van der Waals surface area contributed by atoms with E-state index in [0.717, 1.165) is 11.3 Å². The van der Waals surface area contributed by atoms with Gasteiger partial charge < -0.3 is 0 Å². The van der Waals surface area contributed by atoms with Gasteiger partial charge >= 0.3 is 0 Å². The van der Waals surface area contributed by atoms with Gasteiger partial charge in [0.15, 0.2) is 0 Å². The molecule has 0 aliphatic rings. The van der Waals surface area contributed by atoms with Crippen molar-refractivity contribution in [1.82, 2.24) is 4.31 Å². The molecule has 0 saturated heterocycles. The van der Waals surface area contributed by atoms with Crippen LogP contribution in [0.3, 0.4) is 0 Å². The molecule has 0 spiro atoms. The van der Waals surface area contributed by atoms with Gasteiger partial charge in [0.2, 0.25) is 0 Å². The molecule has 3 nitrogen and oxygen atoms in total. The molecule has 5 heteroatoms. The maximum absolute atomic E-state index is 11.6. The Morgan fingerprint density at radius 1 is 1.38 bits per heavy atom. The molecule has 1 heterocycles. The molecule has 1 rings (SSSR count). The van der Waals surface area contributed by atoms with E-state index in [1.54, 1.807) is 20.2 Å². The summed E-state index contributed by atoms with van der Waals surface area (Å²) < 4.78 is 24.9. The van der Waals surface area contributed by atoms with Crippen molar-refractivity contribution in [3.8, 4) is 0 Å². The summed E-state index contributed by atoms with van der Waals surface area (Å²) in [4.78, 5) is 1.10. The second kappa shape index (κ2) is 3.77. The van der Waals surface area contributed by atoms with Crippen LogP contribution in [0.1, 0.15) is 11.8 Å². The van der Waals surface area contributed by atoms with E-state index in [0.29, 0.717) is 4.21 Å². The van der Waals surface area contributed by atoms with Crippen molar-refractivity contribution in [2.45, 2.75) is 17.6 Å². The van der Waals surface area contributed by atoms with Crippen molar-refractivity contribution in [1.29, 1.82) is 0 Å². The number of hydrogen-bond donors (Lipinski definition) is 0. The van der Waals surface area contributed by atoms with Gasteiger partial charge in [0.25, 0.3) is 10.0 Å². The van der Waals surface area contributed by atoms with E-state index in [1.807, 2.05) is 13.0 Å². The SMILES string of the molecule is CCc1ccc(S(=O)(=O)N(C)C)s1. The van der Waals surface area contributed by atoms with Crippen LogP contribution < -0.4 is 0 Å². The summed E-state index contributed by atoms with van der Waals surface area (Å²) in [5.74, 6) is 0. The smallest absolute Gasteiger partial charge is 0.206 e. The van der Waals surface area contributed by atoms with Gasteiger partial charge in [0, 0.05) is 19.0 Å². The fraction of sp³-hybridized carbons (Fsp3) is 0.500. The molecule has 0 bridgehead atoms. The fourth-order valence-electron chi connectivity index (χ4n) is 0.867. The summed E-state index contributed by atoms with van der Waals surface area (Å²) >= 11 is 1.34. The van der Waals surface area contributed by atoms with Crippen LogP contribution in [0.4, 0.5) is 0 Å². The van der Waals surface area contributed by atoms with E-state index in [9.17, 15) is 8.42 Å². The Labute approximate surface area is 83.1 Å². The number of thiophene rings is 1. The van der Waals surface area contributed by atoms with E-state index in [-0.39, 0.29) is 0 Å². The van der Waals surface area contributed by atoms with Crippen molar-refractivity contribution in [2.75, 3.05) is 14.1 Å².